The van der Waals surface area contributed by atoms with Crippen molar-refractivity contribution in [1.29, 1.82) is 0 Å². The van der Waals surface area contributed by atoms with Crippen molar-refractivity contribution in [3.05, 3.63) is 84.6 Å². The Morgan fingerprint density at radius 3 is 2.58 bits per heavy atom. The second kappa shape index (κ2) is 10.7. The van der Waals surface area contributed by atoms with E-state index in [2.05, 4.69) is 30.2 Å². The number of anilines is 1. The van der Waals surface area contributed by atoms with Crippen LogP contribution in [0.3, 0.4) is 0 Å². The summed E-state index contributed by atoms with van der Waals surface area (Å²) in [5.74, 6) is -1.93. The number of H-pyrrole nitrogens is 1. The number of amides is 1. The number of aromatic amines is 1. The first-order valence-electron chi connectivity index (χ1n) is 11.6. The molecule has 0 spiro atoms. The molecule has 38 heavy (non-hydrogen) atoms. The maximum Gasteiger partial charge on any atom is 0.239 e. The smallest absolute Gasteiger partial charge is 0.239 e. The maximum absolute atomic E-state index is 13.4. The molecule has 4 heterocycles. The van der Waals surface area contributed by atoms with Gasteiger partial charge in [-0.3, -0.25) is 9.78 Å². The minimum absolute atomic E-state index is 0.151. The standard InChI is InChI=1S/C27H21F3N6O2/c1-38-22-14-33-25-23(19-4-2-3-10-31-19)24(36-26(25)35-22)16-9-11-32-21(12-16)34-27(37)18(13-20(29)30)15-5-7-17(28)8-6-15/h2-12,14,18,20H,13H2,1H3,(H,35,36)(H,32,34,37). The fourth-order valence-electron chi connectivity index (χ4n) is 4.15. The number of halogens is 3. The molecular weight excluding hydrogens is 497 g/mol. The van der Waals surface area contributed by atoms with Gasteiger partial charge in [0.25, 0.3) is 0 Å². The Morgan fingerprint density at radius 1 is 1.05 bits per heavy atom. The average molecular weight is 518 g/mol. The Kier molecular flexibility index (Phi) is 6.98. The molecule has 5 rings (SSSR count). The first-order chi connectivity index (χ1) is 18.4. The van der Waals surface area contributed by atoms with E-state index in [0.29, 0.717) is 39.6 Å². The van der Waals surface area contributed by atoms with Gasteiger partial charge in [-0.1, -0.05) is 18.2 Å². The second-order valence-corrected chi connectivity index (χ2v) is 8.35. The van der Waals surface area contributed by atoms with Gasteiger partial charge >= 0.3 is 0 Å². The van der Waals surface area contributed by atoms with Crippen molar-refractivity contribution in [2.45, 2.75) is 18.8 Å². The lowest BCUT2D eigenvalue weighted by molar-refractivity contribution is -0.118. The highest BCUT2D eigenvalue weighted by Gasteiger charge is 2.26. The topological polar surface area (TPSA) is 106 Å². The number of rotatable bonds is 8. The number of carbonyl (C=O) groups excluding carboxylic acids is 1. The summed E-state index contributed by atoms with van der Waals surface area (Å²) in [6, 6.07) is 13.7. The second-order valence-electron chi connectivity index (χ2n) is 8.35. The van der Waals surface area contributed by atoms with E-state index in [-0.39, 0.29) is 11.4 Å². The van der Waals surface area contributed by atoms with Crippen LogP contribution in [0.15, 0.2) is 73.2 Å². The predicted molar refractivity (Wildman–Crippen MR) is 135 cm³/mol. The fraction of sp³-hybridized carbons (Fsp3) is 0.148. The van der Waals surface area contributed by atoms with Crippen molar-refractivity contribution >= 4 is 22.9 Å². The first-order valence-corrected chi connectivity index (χ1v) is 11.6. The summed E-state index contributed by atoms with van der Waals surface area (Å²) in [6.45, 7) is 0. The van der Waals surface area contributed by atoms with Crippen LogP contribution in [0, 0.1) is 5.82 Å². The number of hydrogen-bond donors (Lipinski definition) is 2. The summed E-state index contributed by atoms with van der Waals surface area (Å²) in [6.07, 6.45) is 1.19. The predicted octanol–water partition coefficient (Wildman–Crippen LogP) is 5.61. The summed E-state index contributed by atoms with van der Waals surface area (Å²) >= 11 is 0. The van der Waals surface area contributed by atoms with Gasteiger partial charge < -0.3 is 15.0 Å². The molecule has 1 unspecified atom stereocenters. The lowest BCUT2D eigenvalue weighted by atomic mass is 9.95. The highest BCUT2D eigenvalue weighted by molar-refractivity contribution is 6.00. The van der Waals surface area contributed by atoms with Gasteiger partial charge in [-0.25, -0.2) is 23.1 Å². The Morgan fingerprint density at radius 2 is 1.87 bits per heavy atom. The van der Waals surface area contributed by atoms with Gasteiger partial charge in [0, 0.05) is 24.4 Å². The van der Waals surface area contributed by atoms with E-state index in [9.17, 15) is 18.0 Å². The number of fused-ring (bicyclic) bond motifs is 1. The van der Waals surface area contributed by atoms with Crippen molar-refractivity contribution in [1.82, 2.24) is 24.9 Å². The highest BCUT2D eigenvalue weighted by Crippen LogP contribution is 2.37. The molecule has 0 aliphatic heterocycles. The molecule has 1 atom stereocenters. The maximum atomic E-state index is 13.4. The molecule has 0 fully saturated rings. The Bertz CT molecular complexity index is 1580. The molecule has 5 aromatic rings. The lowest BCUT2D eigenvalue weighted by Crippen LogP contribution is -2.23. The number of nitrogens with one attached hydrogen (secondary N) is 2. The van der Waals surface area contributed by atoms with E-state index in [0.717, 1.165) is 12.1 Å². The van der Waals surface area contributed by atoms with Crippen LogP contribution in [0.2, 0.25) is 0 Å². The molecule has 0 aliphatic carbocycles. The molecule has 2 N–H and O–H groups in total. The number of nitrogens with zero attached hydrogens (tertiary/aromatic N) is 4. The molecule has 11 heteroatoms. The lowest BCUT2D eigenvalue weighted by Gasteiger charge is -2.17. The normalized spacial score (nSPS) is 12.0. The van der Waals surface area contributed by atoms with Crippen LogP contribution >= 0.6 is 0 Å². The number of pyridine rings is 2. The Labute approximate surface area is 215 Å². The molecule has 0 aliphatic rings. The van der Waals surface area contributed by atoms with E-state index < -0.39 is 30.5 Å². The van der Waals surface area contributed by atoms with Crippen LogP contribution in [0.5, 0.6) is 5.88 Å². The van der Waals surface area contributed by atoms with Crippen LogP contribution < -0.4 is 10.1 Å². The molecule has 1 amide bonds. The quantitative estimate of drug-likeness (QED) is 0.277. The summed E-state index contributed by atoms with van der Waals surface area (Å²) in [7, 11) is 1.49. The SMILES string of the molecule is COc1cnc2c(-c3ccccn3)c(-c3ccnc(NC(=O)C(CC(F)F)c4ccc(F)cc4)c3)[nH]c2n1. The van der Waals surface area contributed by atoms with Crippen molar-refractivity contribution in [2.24, 2.45) is 0 Å². The summed E-state index contributed by atoms with van der Waals surface area (Å²) in [5.41, 5.74) is 3.88. The van der Waals surface area contributed by atoms with Crippen molar-refractivity contribution in [2.75, 3.05) is 12.4 Å². The molecule has 192 valence electrons. The van der Waals surface area contributed by atoms with E-state index in [4.69, 9.17) is 4.74 Å². The van der Waals surface area contributed by atoms with E-state index in [1.54, 1.807) is 24.4 Å². The monoisotopic (exact) mass is 518 g/mol. The first kappa shape index (κ1) is 24.9. The zero-order valence-electron chi connectivity index (χ0n) is 20.0. The Hall–Kier alpha value is -4.80. The van der Waals surface area contributed by atoms with Crippen LogP contribution in [-0.4, -0.2) is 44.4 Å². The summed E-state index contributed by atoms with van der Waals surface area (Å²) in [4.78, 5) is 33.9. The van der Waals surface area contributed by atoms with Crippen molar-refractivity contribution < 1.29 is 22.7 Å². The average Bonchev–Trinajstić information content (AvgIpc) is 3.31. The number of ether oxygens (including phenoxy) is 1. The van der Waals surface area contributed by atoms with E-state index in [1.807, 2.05) is 12.1 Å². The zero-order valence-corrected chi connectivity index (χ0v) is 20.0. The van der Waals surface area contributed by atoms with Crippen molar-refractivity contribution in [3.8, 4) is 28.4 Å². The minimum Gasteiger partial charge on any atom is -0.480 e. The molecule has 1 aromatic carbocycles. The third-order valence-corrected chi connectivity index (χ3v) is 5.91. The molecule has 0 bridgehead atoms. The number of alkyl halides is 2. The number of aromatic nitrogens is 5. The van der Waals surface area contributed by atoms with Gasteiger partial charge in [0.1, 0.15) is 17.2 Å². The van der Waals surface area contributed by atoms with Gasteiger partial charge in [-0.05, 0) is 42.0 Å². The molecule has 4 aromatic heterocycles. The van der Waals surface area contributed by atoms with Crippen molar-refractivity contribution in [3.63, 3.8) is 0 Å². The summed E-state index contributed by atoms with van der Waals surface area (Å²) < 4.78 is 45.1. The van der Waals surface area contributed by atoms with Crippen LogP contribution in [0.25, 0.3) is 33.7 Å². The summed E-state index contributed by atoms with van der Waals surface area (Å²) in [5, 5.41) is 2.62. The van der Waals surface area contributed by atoms with Crippen LogP contribution in [-0.2, 0) is 4.79 Å². The van der Waals surface area contributed by atoms with Gasteiger partial charge in [0.05, 0.1) is 36.2 Å². The number of hydrogen-bond acceptors (Lipinski definition) is 6. The number of carbonyl (C=O) groups is 1. The van der Waals surface area contributed by atoms with Gasteiger partial charge in [-0.2, -0.15) is 4.98 Å². The molecule has 0 saturated carbocycles. The van der Waals surface area contributed by atoms with Gasteiger partial charge in [-0.15, -0.1) is 0 Å². The van der Waals surface area contributed by atoms with E-state index >= 15 is 0 Å². The third-order valence-electron chi connectivity index (χ3n) is 5.91. The largest absolute Gasteiger partial charge is 0.480 e. The van der Waals surface area contributed by atoms with Gasteiger partial charge in [0.15, 0.2) is 5.65 Å². The Balaban J connectivity index is 1.52. The number of methoxy groups -OCH3 is 1. The van der Waals surface area contributed by atoms with Crippen LogP contribution in [0.4, 0.5) is 19.0 Å². The molecule has 0 radical (unpaired) electrons. The van der Waals surface area contributed by atoms with E-state index in [1.165, 1.54) is 31.6 Å². The minimum atomic E-state index is -2.74. The highest BCUT2D eigenvalue weighted by atomic mass is 19.3. The zero-order chi connectivity index (χ0) is 26.6. The number of benzene rings is 1. The van der Waals surface area contributed by atoms with Crippen LogP contribution in [0.1, 0.15) is 17.9 Å². The molecular formula is C27H21F3N6O2. The molecule has 8 nitrogen and oxygen atoms in total. The fourth-order valence-corrected chi connectivity index (χ4v) is 4.15. The third kappa shape index (κ3) is 5.17. The molecule has 0 saturated heterocycles. The van der Waals surface area contributed by atoms with Gasteiger partial charge in [0.2, 0.25) is 18.2 Å².